The van der Waals surface area contributed by atoms with Gasteiger partial charge in [0.1, 0.15) is 17.6 Å². The van der Waals surface area contributed by atoms with Crippen LogP contribution in [0.25, 0.3) is 5.57 Å². The maximum absolute atomic E-state index is 9.73. The first-order valence-corrected chi connectivity index (χ1v) is 9.17. The Balaban J connectivity index is 1.97. The molecule has 0 spiro atoms. The Labute approximate surface area is 163 Å². The van der Waals surface area contributed by atoms with Crippen LogP contribution in [0.15, 0.2) is 82.7 Å². The molecular weight excluding hydrogens is 354 g/mol. The van der Waals surface area contributed by atoms with Gasteiger partial charge in [-0.3, -0.25) is 0 Å². The number of hydrogen-bond acceptors (Lipinski definition) is 5. The van der Waals surface area contributed by atoms with Crippen molar-refractivity contribution in [1.29, 1.82) is 5.26 Å². The first kappa shape index (κ1) is 18.4. The SMILES string of the molecule is Cc1c(Oc2ccccc2)cccc1/C(C#N)=C(\N)Sc1ccccc1N. The Hall–Kier alpha value is -3.36. The third kappa shape index (κ3) is 4.25. The highest BCUT2D eigenvalue weighted by Crippen LogP contribution is 2.36. The van der Waals surface area contributed by atoms with Crippen molar-refractivity contribution >= 4 is 23.0 Å². The number of thioether (sulfide) groups is 1. The highest BCUT2D eigenvalue weighted by atomic mass is 32.2. The van der Waals surface area contributed by atoms with E-state index in [9.17, 15) is 5.26 Å². The van der Waals surface area contributed by atoms with Gasteiger partial charge in [0.15, 0.2) is 0 Å². The number of rotatable bonds is 5. The van der Waals surface area contributed by atoms with Crippen molar-refractivity contribution in [3.8, 4) is 17.6 Å². The molecule has 0 heterocycles. The molecule has 0 amide bonds. The molecule has 0 aliphatic carbocycles. The molecule has 0 bridgehead atoms. The van der Waals surface area contributed by atoms with E-state index in [-0.39, 0.29) is 0 Å². The second kappa shape index (κ2) is 8.35. The summed E-state index contributed by atoms with van der Waals surface area (Å²) in [5.41, 5.74) is 14.9. The van der Waals surface area contributed by atoms with Crippen LogP contribution in [-0.2, 0) is 0 Å². The van der Waals surface area contributed by atoms with Gasteiger partial charge in [-0.15, -0.1) is 0 Å². The summed E-state index contributed by atoms with van der Waals surface area (Å²) in [6.07, 6.45) is 0. The highest BCUT2D eigenvalue weighted by Gasteiger charge is 2.14. The zero-order valence-corrected chi connectivity index (χ0v) is 15.7. The average molecular weight is 373 g/mol. The van der Waals surface area contributed by atoms with Gasteiger partial charge in [-0.1, -0.05) is 54.2 Å². The van der Waals surface area contributed by atoms with Crippen molar-refractivity contribution in [2.45, 2.75) is 11.8 Å². The van der Waals surface area contributed by atoms with E-state index in [1.54, 1.807) is 6.07 Å². The number of ether oxygens (including phenoxy) is 1. The Morgan fingerprint density at radius 3 is 2.37 bits per heavy atom. The molecule has 0 saturated heterocycles. The lowest BCUT2D eigenvalue weighted by Crippen LogP contribution is -2.01. The second-order valence-corrected chi connectivity index (χ2v) is 6.92. The van der Waals surface area contributed by atoms with Gasteiger partial charge in [0.05, 0.1) is 10.6 Å². The molecule has 0 atom stereocenters. The first-order chi connectivity index (χ1) is 13.1. The maximum Gasteiger partial charge on any atom is 0.130 e. The molecule has 0 aliphatic heterocycles. The Bertz CT molecular complexity index is 1020. The van der Waals surface area contributed by atoms with E-state index in [1.807, 2.05) is 73.7 Å². The van der Waals surface area contributed by atoms with Crippen LogP contribution in [-0.4, -0.2) is 0 Å². The van der Waals surface area contributed by atoms with Crippen molar-refractivity contribution in [2.24, 2.45) is 5.73 Å². The van der Waals surface area contributed by atoms with Crippen LogP contribution < -0.4 is 16.2 Å². The largest absolute Gasteiger partial charge is 0.457 e. The Morgan fingerprint density at radius 1 is 0.963 bits per heavy atom. The number of nitrogens with two attached hydrogens (primary N) is 2. The summed E-state index contributed by atoms with van der Waals surface area (Å²) in [6, 6.07) is 24.8. The fraction of sp³-hybridized carbons (Fsp3) is 0.0455. The van der Waals surface area contributed by atoms with Gasteiger partial charge >= 0.3 is 0 Å². The molecule has 0 aromatic heterocycles. The van der Waals surface area contributed by atoms with Crippen LogP contribution in [0.3, 0.4) is 0 Å². The molecule has 4 N–H and O–H groups in total. The highest BCUT2D eigenvalue weighted by molar-refractivity contribution is 8.03. The van der Waals surface area contributed by atoms with E-state index in [4.69, 9.17) is 16.2 Å². The first-order valence-electron chi connectivity index (χ1n) is 8.35. The van der Waals surface area contributed by atoms with Crippen molar-refractivity contribution < 1.29 is 4.74 Å². The molecule has 27 heavy (non-hydrogen) atoms. The summed E-state index contributed by atoms with van der Waals surface area (Å²) in [6.45, 7) is 1.92. The molecule has 134 valence electrons. The molecule has 0 unspecified atom stereocenters. The topological polar surface area (TPSA) is 85.1 Å². The van der Waals surface area contributed by atoms with Gasteiger partial charge in [-0.25, -0.2) is 0 Å². The number of anilines is 1. The standard InChI is InChI=1S/C22H19N3OS/c1-15-17(10-7-12-20(15)26-16-8-3-2-4-9-16)18(14-23)22(25)27-21-13-6-5-11-19(21)24/h2-13H,24-25H2,1H3/b22-18+. The number of hydrogen-bond donors (Lipinski definition) is 2. The lowest BCUT2D eigenvalue weighted by Gasteiger charge is -2.13. The Morgan fingerprint density at radius 2 is 1.67 bits per heavy atom. The van der Waals surface area contributed by atoms with Crippen molar-refractivity contribution in [1.82, 2.24) is 0 Å². The smallest absolute Gasteiger partial charge is 0.130 e. The van der Waals surface area contributed by atoms with E-state index in [1.165, 1.54) is 11.8 Å². The van der Waals surface area contributed by atoms with E-state index >= 15 is 0 Å². The summed E-state index contributed by atoms with van der Waals surface area (Å²) < 4.78 is 5.96. The average Bonchev–Trinajstić information content (AvgIpc) is 2.68. The minimum atomic E-state index is 0.398. The summed E-state index contributed by atoms with van der Waals surface area (Å²) in [7, 11) is 0. The van der Waals surface area contributed by atoms with Crippen LogP contribution in [0, 0.1) is 18.3 Å². The van der Waals surface area contributed by atoms with E-state index in [0.29, 0.717) is 22.0 Å². The molecule has 0 saturated carbocycles. The van der Waals surface area contributed by atoms with Crippen molar-refractivity contribution in [3.63, 3.8) is 0 Å². The third-order valence-corrected chi connectivity index (χ3v) is 5.04. The number of allylic oxidation sites excluding steroid dienone is 1. The van der Waals surface area contributed by atoms with E-state index in [2.05, 4.69) is 6.07 Å². The Kier molecular flexibility index (Phi) is 5.70. The number of nitrogens with zero attached hydrogens (tertiary/aromatic N) is 1. The van der Waals surface area contributed by atoms with Gasteiger partial charge in [0, 0.05) is 21.7 Å². The molecule has 4 nitrogen and oxygen atoms in total. The molecular formula is C22H19N3OS. The van der Waals surface area contributed by atoms with Crippen LogP contribution in [0.1, 0.15) is 11.1 Å². The second-order valence-electron chi connectivity index (χ2n) is 5.83. The quantitative estimate of drug-likeness (QED) is 0.359. The van der Waals surface area contributed by atoms with Crippen LogP contribution >= 0.6 is 11.8 Å². The zero-order valence-electron chi connectivity index (χ0n) is 14.8. The molecule has 5 heteroatoms. The molecule has 0 radical (unpaired) electrons. The van der Waals surface area contributed by atoms with Crippen LogP contribution in [0.2, 0.25) is 0 Å². The summed E-state index contributed by atoms with van der Waals surface area (Å²) in [5.74, 6) is 1.42. The summed E-state index contributed by atoms with van der Waals surface area (Å²) in [4.78, 5) is 0.817. The number of benzene rings is 3. The lowest BCUT2D eigenvalue weighted by atomic mass is 10.0. The third-order valence-electron chi connectivity index (χ3n) is 4.02. The van der Waals surface area contributed by atoms with Crippen LogP contribution in [0.4, 0.5) is 5.69 Å². The van der Waals surface area contributed by atoms with Crippen LogP contribution in [0.5, 0.6) is 11.5 Å². The van der Waals surface area contributed by atoms with Gasteiger partial charge in [-0.05, 0) is 37.3 Å². The molecule has 3 rings (SSSR count). The predicted molar refractivity (Wildman–Crippen MR) is 111 cm³/mol. The predicted octanol–water partition coefficient (Wildman–Crippen LogP) is 5.31. The number of para-hydroxylation sites is 2. The van der Waals surface area contributed by atoms with Crippen molar-refractivity contribution in [2.75, 3.05) is 5.73 Å². The van der Waals surface area contributed by atoms with Gasteiger partial charge in [0.2, 0.25) is 0 Å². The summed E-state index contributed by atoms with van der Waals surface area (Å²) >= 11 is 1.29. The molecule has 3 aromatic carbocycles. The fourth-order valence-electron chi connectivity index (χ4n) is 2.60. The minimum absolute atomic E-state index is 0.398. The van der Waals surface area contributed by atoms with Gasteiger partial charge in [0.25, 0.3) is 0 Å². The number of nitriles is 1. The van der Waals surface area contributed by atoms with E-state index < -0.39 is 0 Å². The minimum Gasteiger partial charge on any atom is -0.457 e. The lowest BCUT2D eigenvalue weighted by molar-refractivity contribution is 0.479. The fourth-order valence-corrected chi connectivity index (χ4v) is 3.43. The molecule has 0 aliphatic rings. The zero-order chi connectivity index (χ0) is 19.2. The number of nitrogen functional groups attached to an aromatic ring is 1. The van der Waals surface area contributed by atoms with Crippen molar-refractivity contribution in [3.05, 3.63) is 89.0 Å². The normalized spacial score (nSPS) is 11.4. The summed E-state index contributed by atoms with van der Waals surface area (Å²) in [5, 5.41) is 10.1. The van der Waals surface area contributed by atoms with Gasteiger partial charge < -0.3 is 16.2 Å². The molecule has 0 fully saturated rings. The monoisotopic (exact) mass is 373 g/mol. The van der Waals surface area contributed by atoms with Gasteiger partial charge in [-0.2, -0.15) is 5.26 Å². The molecule has 3 aromatic rings. The van der Waals surface area contributed by atoms with E-state index in [0.717, 1.165) is 21.8 Å². The maximum atomic E-state index is 9.73.